The Morgan fingerprint density at radius 1 is 1.31 bits per heavy atom. The molecule has 1 aromatic rings. The number of halogens is 4. The number of alkyl halides is 3. The fourth-order valence-corrected chi connectivity index (χ4v) is 2.79. The van der Waals surface area contributed by atoms with E-state index < -0.39 is 17.7 Å². The molecule has 0 bridgehead atoms. The van der Waals surface area contributed by atoms with Crippen LogP contribution in [0.25, 0.3) is 0 Å². The van der Waals surface area contributed by atoms with Gasteiger partial charge in [0.05, 0.1) is 11.5 Å². The molecule has 1 atom stereocenters. The van der Waals surface area contributed by atoms with Gasteiger partial charge in [0.25, 0.3) is 0 Å². The maximum Gasteiger partial charge on any atom is 0.416 e. The fourth-order valence-electron chi connectivity index (χ4n) is 2.79. The van der Waals surface area contributed by atoms with Gasteiger partial charge in [-0.15, -0.1) is 12.4 Å². The predicted octanol–water partition coefficient (Wildman–Crippen LogP) is 2.20. The minimum absolute atomic E-state index is 0. The van der Waals surface area contributed by atoms with Crippen LogP contribution in [0.4, 0.5) is 13.2 Å². The van der Waals surface area contributed by atoms with Crippen LogP contribution in [0.3, 0.4) is 0 Å². The number of nitrogens with zero attached hydrogens (tertiary/aromatic N) is 1. The highest BCUT2D eigenvalue weighted by Crippen LogP contribution is 2.30. The molecule has 0 saturated carbocycles. The first kappa shape index (κ1) is 22.2. The van der Waals surface area contributed by atoms with Crippen LogP contribution in [0.5, 0.6) is 0 Å². The van der Waals surface area contributed by atoms with Gasteiger partial charge in [-0.1, -0.05) is 12.1 Å². The summed E-state index contributed by atoms with van der Waals surface area (Å²) in [6, 6.07) is 4.91. The summed E-state index contributed by atoms with van der Waals surface area (Å²) in [5.41, 5.74) is -0.339. The molecule has 26 heavy (non-hydrogen) atoms. The van der Waals surface area contributed by atoms with Crippen LogP contribution in [0.15, 0.2) is 24.3 Å². The van der Waals surface area contributed by atoms with E-state index in [0.717, 1.165) is 25.1 Å². The Morgan fingerprint density at radius 2 is 2.04 bits per heavy atom. The van der Waals surface area contributed by atoms with E-state index in [-0.39, 0.29) is 43.7 Å². The lowest BCUT2D eigenvalue weighted by Crippen LogP contribution is -2.34. The zero-order valence-corrected chi connectivity index (χ0v) is 15.3. The van der Waals surface area contributed by atoms with Crippen molar-refractivity contribution in [2.75, 3.05) is 26.7 Å². The number of hydrogen-bond donors (Lipinski definition) is 2. The number of carbonyl (C=O) groups is 2. The van der Waals surface area contributed by atoms with E-state index in [1.807, 2.05) is 7.05 Å². The Bertz CT molecular complexity index is 626. The van der Waals surface area contributed by atoms with Crippen molar-refractivity contribution in [3.63, 3.8) is 0 Å². The molecule has 0 spiro atoms. The third-order valence-electron chi connectivity index (χ3n) is 4.12. The first-order chi connectivity index (χ1) is 11.8. The molecule has 1 heterocycles. The SMILES string of the molecule is CNCCCNC(=O)C1CC(=O)N(Cc2cccc(C(F)(F)F)c2)C1.Cl. The first-order valence-electron chi connectivity index (χ1n) is 8.17. The van der Waals surface area contributed by atoms with Crippen LogP contribution in [0, 0.1) is 5.92 Å². The highest BCUT2D eigenvalue weighted by atomic mass is 35.5. The maximum atomic E-state index is 12.8. The Labute approximate surface area is 156 Å². The van der Waals surface area contributed by atoms with Gasteiger partial charge in [0.1, 0.15) is 0 Å². The van der Waals surface area contributed by atoms with Crippen molar-refractivity contribution < 1.29 is 22.8 Å². The van der Waals surface area contributed by atoms with Crippen molar-refractivity contribution >= 4 is 24.2 Å². The zero-order valence-electron chi connectivity index (χ0n) is 14.4. The molecule has 1 aliphatic heterocycles. The van der Waals surface area contributed by atoms with Crippen LogP contribution in [-0.4, -0.2) is 43.4 Å². The number of likely N-dealkylation sites (tertiary alicyclic amines) is 1. The first-order valence-corrected chi connectivity index (χ1v) is 8.17. The lowest BCUT2D eigenvalue weighted by molar-refractivity contribution is -0.137. The molecule has 1 aliphatic rings. The standard InChI is InChI=1S/C17H22F3N3O2.ClH/c1-21-6-3-7-22-16(25)13-9-15(24)23(11-13)10-12-4-2-5-14(8-12)17(18,19)20;/h2,4-5,8,13,21H,3,6-7,9-11H2,1H3,(H,22,25);1H. The van der Waals surface area contributed by atoms with Crippen LogP contribution >= 0.6 is 12.4 Å². The van der Waals surface area contributed by atoms with Crippen LogP contribution in [0.1, 0.15) is 24.0 Å². The summed E-state index contributed by atoms with van der Waals surface area (Å²) < 4.78 is 38.3. The molecule has 2 N–H and O–H groups in total. The van der Waals surface area contributed by atoms with Gasteiger partial charge in [0, 0.05) is 26.1 Å². The van der Waals surface area contributed by atoms with E-state index in [1.54, 1.807) is 6.07 Å². The number of amides is 2. The molecule has 5 nitrogen and oxygen atoms in total. The van der Waals surface area contributed by atoms with Crippen molar-refractivity contribution in [3.8, 4) is 0 Å². The van der Waals surface area contributed by atoms with Gasteiger partial charge >= 0.3 is 6.18 Å². The molecule has 2 amide bonds. The second-order valence-corrected chi connectivity index (χ2v) is 6.12. The molecule has 0 radical (unpaired) electrons. The second kappa shape index (κ2) is 9.78. The summed E-state index contributed by atoms with van der Waals surface area (Å²) >= 11 is 0. The summed E-state index contributed by atoms with van der Waals surface area (Å²) in [5.74, 6) is -0.850. The van der Waals surface area contributed by atoms with Crippen LogP contribution in [0.2, 0.25) is 0 Å². The van der Waals surface area contributed by atoms with Crippen molar-refractivity contribution in [2.24, 2.45) is 5.92 Å². The summed E-state index contributed by atoms with van der Waals surface area (Å²) in [7, 11) is 1.82. The van der Waals surface area contributed by atoms with Gasteiger partial charge in [-0.25, -0.2) is 0 Å². The van der Waals surface area contributed by atoms with Crippen molar-refractivity contribution in [2.45, 2.75) is 25.6 Å². The summed E-state index contributed by atoms with van der Waals surface area (Å²) in [5, 5.41) is 5.76. The molecule has 0 aromatic heterocycles. The number of carbonyl (C=O) groups excluding carboxylic acids is 2. The number of benzene rings is 1. The smallest absolute Gasteiger partial charge is 0.356 e. The largest absolute Gasteiger partial charge is 0.416 e. The van der Waals surface area contributed by atoms with Crippen LogP contribution in [-0.2, 0) is 22.3 Å². The molecule has 146 valence electrons. The summed E-state index contributed by atoms with van der Waals surface area (Å²) in [6.45, 7) is 1.61. The topological polar surface area (TPSA) is 61.4 Å². The quantitative estimate of drug-likeness (QED) is 0.698. The molecular formula is C17H23ClF3N3O2. The highest BCUT2D eigenvalue weighted by molar-refractivity contribution is 5.89. The summed E-state index contributed by atoms with van der Waals surface area (Å²) in [6.07, 6.45) is -3.53. The third kappa shape index (κ3) is 6.17. The minimum atomic E-state index is -4.42. The lowest BCUT2D eigenvalue weighted by Gasteiger charge is -2.17. The molecule has 0 aliphatic carbocycles. The van der Waals surface area contributed by atoms with E-state index in [0.29, 0.717) is 12.1 Å². The molecular weight excluding hydrogens is 371 g/mol. The highest BCUT2D eigenvalue weighted by Gasteiger charge is 2.35. The molecule has 1 unspecified atom stereocenters. The molecule has 1 fully saturated rings. The monoisotopic (exact) mass is 393 g/mol. The van der Waals surface area contributed by atoms with E-state index in [4.69, 9.17) is 0 Å². The van der Waals surface area contributed by atoms with Crippen molar-refractivity contribution in [1.29, 1.82) is 0 Å². The average molecular weight is 394 g/mol. The second-order valence-electron chi connectivity index (χ2n) is 6.12. The molecule has 2 rings (SSSR count). The number of rotatable bonds is 7. The van der Waals surface area contributed by atoms with E-state index in [9.17, 15) is 22.8 Å². The zero-order chi connectivity index (χ0) is 18.4. The average Bonchev–Trinajstić information content (AvgIpc) is 2.92. The fraction of sp³-hybridized carbons (Fsp3) is 0.529. The van der Waals surface area contributed by atoms with E-state index in [2.05, 4.69) is 10.6 Å². The van der Waals surface area contributed by atoms with Gasteiger partial charge in [0.15, 0.2) is 0 Å². The van der Waals surface area contributed by atoms with Gasteiger partial charge < -0.3 is 15.5 Å². The van der Waals surface area contributed by atoms with Crippen LogP contribution < -0.4 is 10.6 Å². The lowest BCUT2D eigenvalue weighted by atomic mass is 10.1. The molecule has 9 heteroatoms. The number of nitrogens with one attached hydrogen (secondary N) is 2. The predicted molar refractivity (Wildman–Crippen MR) is 93.8 cm³/mol. The Hall–Kier alpha value is -1.80. The minimum Gasteiger partial charge on any atom is -0.356 e. The molecule has 1 aromatic carbocycles. The number of hydrogen-bond acceptors (Lipinski definition) is 3. The van der Waals surface area contributed by atoms with Crippen molar-refractivity contribution in [1.82, 2.24) is 15.5 Å². The van der Waals surface area contributed by atoms with Crippen molar-refractivity contribution in [3.05, 3.63) is 35.4 Å². The maximum absolute atomic E-state index is 12.8. The Morgan fingerprint density at radius 3 is 2.69 bits per heavy atom. The van der Waals surface area contributed by atoms with E-state index in [1.165, 1.54) is 11.0 Å². The molecule has 1 saturated heterocycles. The van der Waals surface area contributed by atoms with E-state index >= 15 is 0 Å². The van der Waals surface area contributed by atoms with Gasteiger partial charge in [0.2, 0.25) is 11.8 Å². The van der Waals surface area contributed by atoms with Gasteiger partial charge in [-0.2, -0.15) is 13.2 Å². The van der Waals surface area contributed by atoms with Gasteiger partial charge in [-0.3, -0.25) is 9.59 Å². The Kier molecular flexibility index (Phi) is 8.36. The third-order valence-corrected chi connectivity index (χ3v) is 4.12. The normalized spacial score (nSPS) is 17.2. The van der Waals surface area contributed by atoms with Gasteiger partial charge in [-0.05, 0) is 37.7 Å². The summed E-state index contributed by atoms with van der Waals surface area (Å²) in [4.78, 5) is 25.6. The Balaban J connectivity index is 0.00000338.